The summed E-state index contributed by atoms with van der Waals surface area (Å²) >= 11 is 0. The lowest BCUT2D eigenvalue weighted by Gasteiger charge is -2.00. The summed E-state index contributed by atoms with van der Waals surface area (Å²) in [6, 6.07) is 0. The van der Waals surface area contributed by atoms with Crippen LogP contribution in [0.5, 0.6) is 0 Å². The molecular weight excluding hydrogens is 291 g/mol. The summed E-state index contributed by atoms with van der Waals surface area (Å²) in [5, 5.41) is 0. The maximum atomic E-state index is 9.86. The van der Waals surface area contributed by atoms with Crippen LogP contribution in [-0.2, 0) is 9.09 Å². The van der Waals surface area contributed by atoms with Gasteiger partial charge in [0.05, 0.1) is 6.61 Å². The first kappa shape index (κ1) is 17.2. The van der Waals surface area contributed by atoms with Gasteiger partial charge in [-0.1, -0.05) is 6.92 Å². The highest BCUT2D eigenvalue weighted by Crippen LogP contribution is 2.35. The van der Waals surface area contributed by atoms with Gasteiger partial charge in [0, 0.05) is 0 Å². The van der Waals surface area contributed by atoms with Crippen LogP contribution in [0, 0.1) is 0 Å². The molecule has 0 saturated carbocycles. The molecule has 2 N–H and O–H groups in total. The van der Waals surface area contributed by atoms with Gasteiger partial charge in [-0.25, -0.2) is 4.57 Å². The first-order valence-electron chi connectivity index (χ1n) is 2.26. The van der Waals surface area contributed by atoms with E-state index in [1.165, 1.54) is 0 Å². The highest BCUT2D eigenvalue weighted by molar-refractivity contribution is 8.93. The normalized spacial score (nSPS) is 9.50. The summed E-state index contributed by atoms with van der Waals surface area (Å²) < 4.78 is 13.9. The SMILES string of the molecule is Br.Br.CCCOP(=O)(O)O. The number of halogens is 2. The zero-order valence-corrected chi connectivity index (χ0v) is 9.71. The second-order valence-electron chi connectivity index (χ2n) is 1.32. The van der Waals surface area contributed by atoms with E-state index in [0.29, 0.717) is 6.42 Å². The molecule has 0 spiro atoms. The van der Waals surface area contributed by atoms with Crippen LogP contribution in [0.2, 0.25) is 0 Å². The second-order valence-corrected chi connectivity index (χ2v) is 2.56. The molecule has 0 radical (unpaired) electrons. The first-order valence-corrected chi connectivity index (χ1v) is 3.79. The van der Waals surface area contributed by atoms with E-state index in [-0.39, 0.29) is 40.6 Å². The van der Waals surface area contributed by atoms with Gasteiger partial charge in [-0.3, -0.25) is 4.52 Å². The van der Waals surface area contributed by atoms with Crippen molar-refractivity contribution in [1.82, 2.24) is 0 Å². The van der Waals surface area contributed by atoms with Crippen molar-refractivity contribution in [1.29, 1.82) is 0 Å². The smallest absolute Gasteiger partial charge is 0.303 e. The van der Waals surface area contributed by atoms with Crippen molar-refractivity contribution >= 4 is 41.8 Å². The van der Waals surface area contributed by atoms with Crippen molar-refractivity contribution in [2.24, 2.45) is 0 Å². The van der Waals surface area contributed by atoms with Crippen molar-refractivity contribution in [3.63, 3.8) is 0 Å². The fourth-order valence-corrected chi connectivity index (χ4v) is 0.631. The predicted octanol–water partition coefficient (Wildman–Crippen LogP) is 1.66. The van der Waals surface area contributed by atoms with Gasteiger partial charge >= 0.3 is 7.82 Å². The fraction of sp³-hybridized carbons (Fsp3) is 1.00. The average Bonchev–Trinajstić information content (AvgIpc) is 1.59. The van der Waals surface area contributed by atoms with Gasteiger partial charge in [0.15, 0.2) is 0 Å². The highest BCUT2D eigenvalue weighted by Gasteiger charge is 2.11. The summed E-state index contributed by atoms with van der Waals surface area (Å²) in [6.07, 6.45) is 0.616. The Kier molecular flexibility index (Phi) is 14.1. The van der Waals surface area contributed by atoms with E-state index < -0.39 is 7.82 Å². The van der Waals surface area contributed by atoms with Crippen LogP contribution >= 0.6 is 41.8 Å². The summed E-state index contributed by atoms with van der Waals surface area (Å²) in [4.78, 5) is 16.1. The second kappa shape index (κ2) is 8.17. The van der Waals surface area contributed by atoms with E-state index in [1.54, 1.807) is 6.92 Å². The van der Waals surface area contributed by atoms with Gasteiger partial charge in [-0.15, -0.1) is 34.0 Å². The van der Waals surface area contributed by atoms with Gasteiger partial charge in [0.25, 0.3) is 0 Å². The number of phosphoric ester groups is 1. The molecule has 0 saturated heterocycles. The van der Waals surface area contributed by atoms with Crippen LogP contribution in [0.15, 0.2) is 0 Å². The number of hydrogen-bond donors (Lipinski definition) is 2. The molecule has 0 aliphatic carbocycles. The van der Waals surface area contributed by atoms with Crippen LogP contribution in [0.1, 0.15) is 13.3 Å². The molecule has 0 heterocycles. The Bertz CT molecular complexity index is 103. The van der Waals surface area contributed by atoms with E-state index in [9.17, 15) is 4.57 Å². The first-order chi connectivity index (χ1) is 3.56. The van der Waals surface area contributed by atoms with Crippen molar-refractivity contribution in [3.05, 3.63) is 0 Å². The number of rotatable bonds is 3. The average molecular weight is 302 g/mol. The summed E-state index contributed by atoms with van der Waals surface area (Å²) in [7, 11) is -4.18. The fourth-order valence-electron chi connectivity index (χ4n) is 0.210. The van der Waals surface area contributed by atoms with Crippen LogP contribution in [-0.4, -0.2) is 16.4 Å². The molecule has 0 fully saturated rings. The lowest BCUT2D eigenvalue weighted by Crippen LogP contribution is -1.88. The van der Waals surface area contributed by atoms with E-state index in [1.807, 2.05) is 0 Å². The number of phosphoric acid groups is 1. The molecular formula is C3H11Br2O4P. The largest absolute Gasteiger partial charge is 0.469 e. The standard InChI is InChI=1S/C3H9O4P.2BrH/c1-2-3-7-8(4,5)6;;/h2-3H2,1H3,(H2,4,5,6);2*1H. The topological polar surface area (TPSA) is 66.8 Å². The van der Waals surface area contributed by atoms with E-state index in [4.69, 9.17) is 9.79 Å². The quantitative estimate of drug-likeness (QED) is 0.778. The Balaban J connectivity index is -0.000000245. The molecule has 0 bridgehead atoms. The van der Waals surface area contributed by atoms with Crippen molar-refractivity contribution in [3.8, 4) is 0 Å². The Labute approximate surface area is 80.7 Å². The Morgan fingerprint density at radius 1 is 1.40 bits per heavy atom. The zero-order chi connectivity index (χ0) is 6.62. The molecule has 0 rings (SSSR count). The highest BCUT2D eigenvalue weighted by atomic mass is 79.9. The Morgan fingerprint density at radius 2 is 1.80 bits per heavy atom. The van der Waals surface area contributed by atoms with Gasteiger partial charge in [0.2, 0.25) is 0 Å². The van der Waals surface area contributed by atoms with Gasteiger partial charge in [-0.05, 0) is 6.42 Å². The molecule has 0 aliphatic heterocycles. The van der Waals surface area contributed by atoms with E-state index in [0.717, 1.165) is 0 Å². The molecule has 0 aromatic rings. The van der Waals surface area contributed by atoms with E-state index in [2.05, 4.69) is 4.52 Å². The lowest BCUT2D eigenvalue weighted by atomic mass is 10.5. The molecule has 10 heavy (non-hydrogen) atoms. The third kappa shape index (κ3) is 16.0. The van der Waals surface area contributed by atoms with E-state index >= 15 is 0 Å². The zero-order valence-electron chi connectivity index (χ0n) is 5.39. The minimum atomic E-state index is -4.18. The summed E-state index contributed by atoms with van der Waals surface area (Å²) in [6.45, 7) is 1.89. The van der Waals surface area contributed by atoms with Crippen molar-refractivity contribution < 1.29 is 18.9 Å². The Morgan fingerprint density at radius 3 is 1.90 bits per heavy atom. The third-order valence-electron chi connectivity index (χ3n) is 0.464. The summed E-state index contributed by atoms with van der Waals surface area (Å²) in [5.74, 6) is 0. The van der Waals surface area contributed by atoms with Gasteiger partial charge < -0.3 is 9.79 Å². The van der Waals surface area contributed by atoms with Gasteiger partial charge in [-0.2, -0.15) is 0 Å². The third-order valence-corrected chi connectivity index (χ3v) is 0.983. The molecule has 66 valence electrons. The number of hydrogen-bond acceptors (Lipinski definition) is 2. The molecule has 0 aliphatic rings. The summed E-state index contributed by atoms with van der Waals surface area (Å²) in [5.41, 5.74) is 0. The molecule has 0 aromatic heterocycles. The Hall–Kier alpha value is 1.07. The monoisotopic (exact) mass is 300 g/mol. The van der Waals surface area contributed by atoms with Crippen LogP contribution in [0.4, 0.5) is 0 Å². The van der Waals surface area contributed by atoms with Crippen LogP contribution < -0.4 is 0 Å². The minimum absolute atomic E-state index is 0. The van der Waals surface area contributed by atoms with Crippen LogP contribution in [0.25, 0.3) is 0 Å². The van der Waals surface area contributed by atoms with Crippen LogP contribution in [0.3, 0.4) is 0 Å². The molecule has 0 amide bonds. The van der Waals surface area contributed by atoms with Gasteiger partial charge in [0.1, 0.15) is 0 Å². The minimum Gasteiger partial charge on any atom is -0.303 e. The molecule has 0 atom stereocenters. The predicted molar refractivity (Wildman–Crippen MR) is 48.9 cm³/mol. The molecule has 0 aromatic carbocycles. The maximum Gasteiger partial charge on any atom is 0.469 e. The lowest BCUT2D eigenvalue weighted by molar-refractivity contribution is 0.197. The maximum absolute atomic E-state index is 9.86. The molecule has 4 nitrogen and oxygen atoms in total. The molecule has 7 heteroatoms. The molecule has 0 unspecified atom stereocenters. The van der Waals surface area contributed by atoms with Crippen molar-refractivity contribution in [2.75, 3.05) is 6.61 Å². The van der Waals surface area contributed by atoms with Crippen molar-refractivity contribution in [2.45, 2.75) is 13.3 Å².